The number of aromatic nitrogens is 2. The van der Waals surface area contributed by atoms with E-state index < -0.39 is 17.9 Å². The number of nitrogens with zero attached hydrogens (tertiary/aromatic N) is 2. The number of nitrogens with one attached hydrogen (secondary N) is 1. The molecule has 0 saturated heterocycles. The molecule has 152 valence electrons. The third-order valence-corrected chi connectivity index (χ3v) is 5.62. The molecule has 1 atom stereocenters. The minimum absolute atomic E-state index is 0.0505. The molecule has 0 bridgehead atoms. The Bertz CT molecular complexity index is 1270. The van der Waals surface area contributed by atoms with Crippen molar-refractivity contribution in [3.8, 4) is 11.1 Å². The van der Waals surface area contributed by atoms with Crippen LogP contribution in [0.1, 0.15) is 22.7 Å². The third kappa shape index (κ3) is 3.42. The maximum Gasteiger partial charge on any atom is 0.326 e. The first-order valence-corrected chi connectivity index (χ1v) is 10.0. The predicted octanol–water partition coefficient (Wildman–Crippen LogP) is 3.55. The van der Waals surface area contributed by atoms with Crippen molar-refractivity contribution in [3.05, 3.63) is 95.8 Å². The fourth-order valence-electron chi connectivity index (χ4n) is 4.20. The molecule has 0 saturated carbocycles. The lowest BCUT2D eigenvalue weighted by molar-refractivity contribution is -0.141. The van der Waals surface area contributed by atoms with Gasteiger partial charge in [-0.05, 0) is 34.4 Å². The number of benzene rings is 3. The van der Waals surface area contributed by atoms with Crippen LogP contribution in [-0.4, -0.2) is 33.0 Å². The highest BCUT2D eigenvalue weighted by molar-refractivity contribution is 5.97. The molecule has 0 fully saturated rings. The van der Waals surface area contributed by atoms with Crippen molar-refractivity contribution in [2.24, 2.45) is 0 Å². The molecule has 0 unspecified atom stereocenters. The molecule has 0 aliphatic heterocycles. The van der Waals surface area contributed by atoms with Gasteiger partial charge in [0.05, 0.1) is 22.6 Å². The van der Waals surface area contributed by atoms with Crippen LogP contribution < -0.4 is 5.32 Å². The Hall–Kier alpha value is -4.06. The highest BCUT2D eigenvalue weighted by Crippen LogP contribution is 2.44. The van der Waals surface area contributed by atoms with Crippen LogP contribution >= 0.6 is 0 Å². The number of hydrogen-bond donors (Lipinski definition) is 2. The van der Waals surface area contributed by atoms with E-state index in [1.54, 1.807) is 6.20 Å². The molecule has 1 aliphatic rings. The summed E-state index contributed by atoms with van der Waals surface area (Å²) in [7, 11) is 0. The summed E-state index contributed by atoms with van der Waals surface area (Å²) >= 11 is 0. The normalized spacial score (nSPS) is 13.4. The lowest BCUT2D eigenvalue weighted by Crippen LogP contribution is -2.44. The summed E-state index contributed by atoms with van der Waals surface area (Å²) in [5.41, 5.74) is 5.72. The number of hydrogen-bond acceptors (Lipinski definition) is 4. The van der Waals surface area contributed by atoms with Gasteiger partial charge < -0.3 is 10.4 Å². The summed E-state index contributed by atoms with van der Waals surface area (Å²) in [6, 6.07) is 21.8. The Labute approximate surface area is 178 Å². The summed E-state index contributed by atoms with van der Waals surface area (Å²) in [5, 5.41) is 12.5. The largest absolute Gasteiger partial charge is 0.480 e. The standard InChI is InChI=1S/C25H19N3O3/c29-24(23-18-9-3-1-7-16(18)17-8-2-4-10-19(17)23)28-22(25(30)31)13-15-14-26-20-11-5-6-12-21(20)27-15/h1-12,14,22-23H,13H2,(H,28,29)(H,30,31)/t22-/m0/s1. The van der Waals surface area contributed by atoms with Crippen LogP contribution in [0.3, 0.4) is 0 Å². The van der Waals surface area contributed by atoms with E-state index in [-0.39, 0.29) is 12.3 Å². The molecular weight excluding hydrogens is 390 g/mol. The second-order valence-electron chi connectivity index (χ2n) is 7.56. The van der Waals surface area contributed by atoms with E-state index >= 15 is 0 Å². The molecule has 3 aromatic carbocycles. The summed E-state index contributed by atoms with van der Waals surface area (Å²) < 4.78 is 0. The van der Waals surface area contributed by atoms with E-state index in [0.717, 1.165) is 27.8 Å². The van der Waals surface area contributed by atoms with Crippen molar-refractivity contribution in [1.82, 2.24) is 15.3 Å². The maximum atomic E-state index is 13.3. The van der Waals surface area contributed by atoms with E-state index in [4.69, 9.17) is 0 Å². The van der Waals surface area contributed by atoms with E-state index in [1.165, 1.54) is 0 Å². The molecule has 4 aromatic rings. The lowest BCUT2D eigenvalue weighted by Gasteiger charge is -2.19. The number of carboxylic acid groups (broad SMARTS) is 1. The predicted molar refractivity (Wildman–Crippen MR) is 117 cm³/mol. The van der Waals surface area contributed by atoms with Crippen LogP contribution in [0.25, 0.3) is 22.2 Å². The first-order chi connectivity index (χ1) is 15.1. The van der Waals surface area contributed by atoms with Crippen LogP contribution in [0.5, 0.6) is 0 Å². The van der Waals surface area contributed by atoms with Gasteiger partial charge in [0.1, 0.15) is 6.04 Å². The molecule has 6 nitrogen and oxygen atoms in total. The SMILES string of the molecule is O=C(N[C@@H](Cc1cnc2ccccc2n1)C(=O)O)C1c2ccccc2-c2ccccc21. The van der Waals surface area contributed by atoms with Crippen molar-refractivity contribution in [1.29, 1.82) is 0 Å². The third-order valence-electron chi connectivity index (χ3n) is 5.62. The molecule has 1 amide bonds. The van der Waals surface area contributed by atoms with Gasteiger partial charge in [-0.25, -0.2) is 9.78 Å². The number of aliphatic carboxylic acids is 1. The van der Waals surface area contributed by atoms with E-state index in [9.17, 15) is 14.7 Å². The maximum absolute atomic E-state index is 13.3. The highest BCUT2D eigenvalue weighted by Gasteiger charge is 2.35. The van der Waals surface area contributed by atoms with Crippen molar-refractivity contribution < 1.29 is 14.7 Å². The Kier molecular flexibility index (Phi) is 4.67. The van der Waals surface area contributed by atoms with Crippen molar-refractivity contribution in [3.63, 3.8) is 0 Å². The number of para-hydroxylation sites is 2. The van der Waals surface area contributed by atoms with Gasteiger partial charge in [-0.2, -0.15) is 0 Å². The number of carbonyl (C=O) groups is 2. The van der Waals surface area contributed by atoms with E-state index in [0.29, 0.717) is 11.2 Å². The molecule has 0 radical (unpaired) electrons. The average molecular weight is 409 g/mol. The van der Waals surface area contributed by atoms with Crippen LogP contribution in [0, 0.1) is 0 Å². The summed E-state index contributed by atoms with van der Waals surface area (Å²) in [4.78, 5) is 34.1. The van der Waals surface area contributed by atoms with Gasteiger partial charge in [-0.15, -0.1) is 0 Å². The van der Waals surface area contributed by atoms with Gasteiger partial charge in [0.25, 0.3) is 0 Å². The average Bonchev–Trinajstić information content (AvgIpc) is 3.13. The fraction of sp³-hybridized carbons (Fsp3) is 0.120. The number of carboxylic acids is 1. The molecular formula is C25H19N3O3. The van der Waals surface area contributed by atoms with Gasteiger partial charge in [0, 0.05) is 12.6 Å². The molecule has 2 N–H and O–H groups in total. The zero-order chi connectivity index (χ0) is 21.4. The van der Waals surface area contributed by atoms with Crippen molar-refractivity contribution in [2.75, 3.05) is 0 Å². The molecule has 1 aromatic heterocycles. The van der Waals surface area contributed by atoms with E-state index in [2.05, 4.69) is 15.3 Å². The zero-order valence-electron chi connectivity index (χ0n) is 16.5. The minimum atomic E-state index is -1.11. The second kappa shape index (κ2) is 7.65. The van der Waals surface area contributed by atoms with Crippen LogP contribution in [0.15, 0.2) is 79.0 Å². The summed E-state index contributed by atoms with van der Waals surface area (Å²) in [6.07, 6.45) is 1.61. The van der Waals surface area contributed by atoms with Crippen molar-refractivity contribution >= 4 is 22.9 Å². The molecule has 1 heterocycles. The monoisotopic (exact) mass is 409 g/mol. The number of rotatable bonds is 5. The van der Waals surface area contributed by atoms with Crippen LogP contribution in [-0.2, 0) is 16.0 Å². The van der Waals surface area contributed by atoms with Crippen LogP contribution in [0.2, 0.25) is 0 Å². The second-order valence-corrected chi connectivity index (χ2v) is 7.56. The number of amides is 1. The van der Waals surface area contributed by atoms with Gasteiger partial charge >= 0.3 is 5.97 Å². The Balaban J connectivity index is 1.43. The minimum Gasteiger partial charge on any atom is -0.480 e. The van der Waals surface area contributed by atoms with Gasteiger partial charge in [0.2, 0.25) is 5.91 Å². The Morgan fingerprint density at radius 2 is 1.45 bits per heavy atom. The topological polar surface area (TPSA) is 92.2 Å². The van der Waals surface area contributed by atoms with Gasteiger partial charge in [-0.1, -0.05) is 60.7 Å². The van der Waals surface area contributed by atoms with Crippen LogP contribution in [0.4, 0.5) is 0 Å². The Morgan fingerprint density at radius 1 is 0.871 bits per heavy atom. The highest BCUT2D eigenvalue weighted by atomic mass is 16.4. The molecule has 5 rings (SSSR count). The zero-order valence-corrected chi connectivity index (χ0v) is 16.5. The summed E-state index contributed by atoms with van der Waals surface area (Å²) in [6.45, 7) is 0. The number of carbonyl (C=O) groups excluding carboxylic acids is 1. The summed E-state index contributed by atoms with van der Waals surface area (Å²) in [5.74, 6) is -1.99. The van der Waals surface area contributed by atoms with Crippen molar-refractivity contribution in [2.45, 2.75) is 18.4 Å². The quantitative estimate of drug-likeness (QED) is 0.526. The molecule has 31 heavy (non-hydrogen) atoms. The lowest BCUT2D eigenvalue weighted by atomic mass is 9.95. The first-order valence-electron chi connectivity index (χ1n) is 10.0. The molecule has 1 aliphatic carbocycles. The molecule has 0 spiro atoms. The Morgan fingerprint density at radius 3 is 2.10 bits per heavy atom. The van der Waals surface area contributed by atoms with Gasteiger partial charge in [-0.3, -0.25) is 9.78 Å². The fourth-order valence-corrected chi connectivity index (χ4v) is 4.20. The smallest absolute Gasteiger partial charge is 0.326 e. The number of fused-ring (bicyclic) bond motifs is 4. The van der Waals surface area contributed by atoms with Gasteiger partial charge in [0.15, 0.2) is 0 Å². The molecule has 6 heteroatoms. The van der Waals surface area contributed by atoms with E-state index in [1.807, 2.05) is 72.8 Å². The first kappa shape index (κ1) is 18.9.